The number of halogens is 1. The summed E-state index contributed by atoms with van der Waals surface area (Å²) in [5.41, 5.74) is -0.437. The lowest BCUT2D eigenvalue weighted by molar-refractivity contribution is -0.387. The fraction of sp³-hybridized carbons (Fsp3) is 0.167. The van der Waals surface area contributed by atoms with Crippen LogP contribution in [0.1, 0.15) is 4.88 Å². The minimum absolute atomic E-state index is 0.103. The average molecular weight is 347 g/mol. The van der Waals surface area contributed by atoms with E-state index in [-0.39, 0.29) is 11.4 Å². The maximum atomic E-state index is 12.5. The van der Waals surface area contributed by atoms with E-state index in [9.17, 15) is 18.5 Å². The summed E-state index contributed by atoms with van der Waals surface area (Å²) in [6.45, 7) is 0.103. The van der Waals surface area contributed by atoms with Crippen LogP contribution < -0.4 is 0 Å². The molecule has 9 heteroatoms. The van der Waals surface area contributed by atoms with Crippen LogP contribution in [0.25, 0.3) is 0 Å². The van der Waals surface area contributed by atoms with Crippen LogP contribution in [0.3, 0.4) is 0 Å². The molecule has 2 rings (SSSR count). The highest BCUT2D eigenvalue weighted by molar-refractivity contribution is 7.89. The van der Waals surface area contributed by atoms with E-state index in [0.29, 0.717) is 4.34 Å². The summed E-state index contributed by atoms with van der Waals surface area (Å²) >= 11 is 7.07. The summed E-state index contributed by atoms with van der Waals surface area (Å²) < 4.78 is 26.5. The summed E-state index contributed by atoms with van der Waals surface area (Å²) in [7, 11) is -2.57. The Balaban J connectivity index is 2.35. The van der Waals surface area contributed by atoms with Gasteiger partial charge in [0.2, 0.25) is 10.0 Å². The monoisotopic (exact) mass is 346 g/mol. The Morgan fingerprint density at radius 2 is 1.95 bits per heavy atom. The molecule has 0 atom stereocenters. The maximum Gasteiger partial charge on any atom is 0.289 e. The second-order valence-electron chi connectivity index (χ2n) is 4.19. The standard InChI is InChI=1S/C12H11ClN2O4S2/c1-14(8-9-6-7-12(13)20-9)21(18,19)11-5-3-2-4-10(11)15(16)17/h2-7H,8H2,1H3. The fourth-order valence-corrected chi connectivity index (χ4v) is 4.26. The average Bonchev–Trinajstić information content (AvgIpc) is 2.84. The lowest BCUT2D eigenvalue weighted by Crippen LogP contribution is -2.26. The molecule has 0 N–H and O–H groups in total. The molecule has 0 aliphatic heterocycles. The van der Waals surface area contributed by atoms with E-state index in [1.807, 2.05) is 0 Å². The van der Waals surface area contributed by atoms with E-state index in [1.165, 1.54) is 42.6 Å². The number of benzene rings is 1. The van der Waals surface area contributed by atoms with Gasteiger partial charge in [-0.05, 0) is 18.2 Å². The van der Waals surface area contributed by atoms with E-state index in [1.54, 1.807) is 12.1 Å². The number of nitro benzene ring substituents is 1. The predicted molar refractivity (Wildman–Crippen MR) is 81.1 cm³/mol. The molecule has 112 valence electrons. The zero-order chi connectivity index (χ0) is 15.6. The first kappa shape index (κ1) is 15.9. The number of rotatable bonds is 5. The van der Waals surface area contributed by atoms with Gasteiger partial charge in [0.25, 0.3) is 5.69 Å². The van der Waals surface area contributed by atoms with E-state index in [4.69, 9.17) is 11.6 Å². The quantitative estimate of drug-likeness (QED) is 0.615. The highest BCUT2D eigenvalue weighted by Crippen LogP contribution is 2.28. The Morgan fingerprint density at radius 3 is 2.52 bits per heavy atom. The number of sulfonamides is 1. The molecule has 1 heterocycles. The molecular formula is C12H11ClN2O4S2. The van der Waals surface area contributed by atoms with Gasteiger partial charge in [0, 0.05) is 24.5 Å². The van der Waals surface area contributed by atoms with E-state index >= 15 is 0 Å². The molecule has 0 saturated heterocycles. The van der Waals surface area contributed by atoms with Crippen molar-refractivity contribution in [1.82, 2.24) is 4.31 Å². The van der Waals surface area contributed by atoms with Crippen molar-refractivity contribution >= 4 is 38.6 Å². The highest BCUT2D eigenvalue weighted by atomic mass is 35.5. The zero-order valence-electron chi connectivity index (χ0n) is 10.9. The first-order valence-electron chi connectivity index (χ1n) is 5.76. The molecule has 0 radical (unpaired) electrons. The van der Waals surface area contributed by atoms with Gasteiger partial charge in [-0.1, -0.05) is 23.7 Å². The number of nitro groups is 1. The Kier molecular flexibility index (Phi) is 4.62. The smallest absolute Gasteiger partial charge is 0.258 e. The molecule has 0 saturated carbocycles. The maximum absolute atomic E-state index is 12.5. The second kappa shape index (κ2) is 6.10. The van der Waals surface area contributed by atoms with Crippen LogP contribution in [0.4, 0.5) is 5.69 Å². The van der Waals surface area contributed by atoms with Crippen LogP contribution in [0, 0.1) is 10.1 Å². The first-order valence-corrected chi connectivity index (χ1v) is 8.40. The highest BCUT2D eigenvalue weighted by Gasteiger charge is 2.29. The Morgan fingerprint density at radius 1 is 1.29 bits per heavy atom. The van der Waals surface area contributed by atoms with Crippen LogP contribution in [0.15, 0.2) is 41.3 Å². The third-order valence-corrected chi connectivity index (χ3v) is 5.82. The van der Waals surface area contributed by atoms with Gasteiger partial charge in [-0.15, -0.1) is 11.3 Å². The Hall–Kier alpha value is -1.48. The predicted octanol–water partition coefficient (Wildman–Crippen LogP) is 3.13. The zero-order valence-corrected chi connectivity index (χ0v) is 13.3. The van der Waals surface area contributed by atoms with Gasteiger partial charge in [-0.25, -0.2) is 8.42 Å². The van der Waals surface area contributed by atoms with E-state index < -0.39 is 20.6 Å². The molecule has 0 aliphatic rings. The molecule has 0 amide bonds. The minimum Gasteiger partial charge on any atom is -0.258 e. The van der Waals surface area contributed by atoms with Crippen molar-refractivity contribution < 1.29 is 13.3 Å². The van der Waals surface area contributed by atoms with Gasteiger partial charge in [0.05, 0.1) is 9.26 Å². The molecule has 0 fully saturated rings. The summed E-state index contributed by atoms with van der Waals surface area (Å²) in [6, 6.07) is 8.67. The van der Waals surface area contributed by atoms with Gasteiger partial charge in [0.15, 0.2) is 4.90 Å². The summed E-state index contributed by atoms with van der Waals surface area (Å²) in [5, 5.41) is 11.0. The molecule has 6 nitrogen and oxygen atoms in total. The molecular weight excluding hydrogens is 336 g/mol. The molecule has 0 unspecified atom stereocenters. The van der Waals surface area contributed by atoms with Crippen molar-refractivity contribution in [2.45, 2.75) is 11.4 Å². The van der Waals surface area contributed by atoms with Gasteiger partial charge < -0.3 is 0 Å². The third-order valence-electron chi connectivity index (χ3n) is 2.76. The molecule has 0 spiro atoms. The minimum atomic E-state index is -3.95. The van der Waals surface area contributed by atoms with Crippen LogP contribution >= 0.6 is 22.9 Å². The summed E-state index contributed by atoms with van der Waals surface area (Å²) in [4.78, 5) is 10.7. The van der Waals surface area contributed by atoms with E-state index in [0.717, 1.165) is 9.18 Å². The fourth-order valence-electron chi connectivity index (χ4n) is 1.74. The van der Waals surface area contributed by atoms with Gasteiger partial charge in [0.1, 0.15) is 0 Å². The number of hydrogen-bond acceptors (Lipinski definition) is 5. The SMILES string of the molecule is CN(Cc1ccc(Cl)s1)S(=O)(=O)c1ccccc1[N+](=O)[O-]. The number of para-hydroxylation sites is 1. The van der Waals surface area contributed by atoms with Gasteiger partial charge in [-0.3, -0.25) is 10.1 Å². The summed E-state index contributed by atoms with van der Waals surface area (Å²) in [6.07, 6.45) is 0. The first-order chi connectivity index (χ1) is 9.82. The normalized spacial score (nSPS) is 11.8. The molecule has 0 bridgehead atoms. The molecule has 21 heavy (non-hydrogen) atoms. The van der Waals surface area contributed by atoms with Crippen molar-refractivity contribution in [2.24, 2.45) is 0 Å². The summed E-state index contributed by atoms with van der Waals surface area (Å²) in [5.74, 6) is 0. The molecule has 1 aromatic heterocycles. The van der Waals surface area contributed by atoms with Crippen LogP contribution in [-0.2, 0) is 16.6 Å². The van der Waals surface area contributed by atoms with E-state index in [2.05, 4.69) is 0 Å². The molecule has 0 aliphatic carbocycles. The second-order valence-corrected chi connectivity index (χ2v) is 8.00. The molecule has 1 aromatic carbocycles. The van der Waals surface area contributed by atoms with Gasteiger partial charge >= 0.3 is 0 Å². The van der Waals surface area contributed by atoms with Crippen LogP contribution in [0.2, 0.25) is 4.34 Å². The van der Waals surface area contributed by atoms with Crippen molar-refractivity contribution in [3.05, 3.63) is 55.7 Å². The molecule has 2 aromatic rings. The number of hydrogen-bond donors (Lipinski definition) is 0. The topological polar surface area (TPSA) is 80.5 Å². The third kappa shape index (κ3) is 3.41. The van der Waals surface area contributed by atoms with Crippen molar-refractivity contribution in [3.8, 4) is 0 Å². The van der Waals surface area contributed by atoms with Crippen molar-refractivity contribution in [2.75, 3.05) is 7.05 Å². The van der Waals surface area contributed by atoms with Gasteiger partial charge in [-0.2, -0.15) is 4.31 Å². The van der Waals surface area contributed by atoms with Crippen LogP contribution in [-0.4, -0.2) is 24.7 Å². The number of thiophene rings is 1. The largest absolute Gasteiger partial charge is 0.289 e. The lowest BCUT2D eigenvalue weighted by Gasteiger charge is -2.16. The Labute approximate surface area is 130 Å². The Bertz CT molecular complexity index is 773. The van der Waals surface area contributed by atoms with Crippen molar-refractivity contribution in [3.63, 3.8) is 0 Å². The number of nitrogens with zero attached hydrogens (tertiary/aromatic N) is 2. The van der Waals surface area contributed by atoms with Crippen LogP contribution in [0.5, 0.6) is 0 Å². The van der Waals surface area contributed by atoms with Crippen molar-refractivity contribution in [1.29, 1.82) is 0 Å². The lowest BCUT2D eigenvalue weighted by atomic mass is 10.3.